The van der Waals surface area contributed by atoms with Gasteiger partial charge in [-0.1, -0.05) is 12.7 Å². The zero-order chi connectivity index (χ0) is 18.3. The summed E-state index contributed by atoms with van der Waals surface area (Å²) in [7, 11) is 0. The molecule has 3 heterocycles. The van der Waals surface area contributed by atoms with Crippen molar-refractivity contribution < 1.29 is 9.18 Å². The number of nitrogens with zero attached hydrogens (tertiary/aromatic N) is 3. The zero-order valence-corrected chi connectivity index (χ0v) is 13.8. The molecule has 3 N–H and O–H groups in total. The van der Waals surface area contributed by atoms with E-state index in [1.807, 2.05) is 12.1 Å². The van der Waals surface area contributed by atoms with Crippen molar-refractivity contribution >= 4 is 34.4 Å². The smallest absolute Gasteiger partial charge is 0.231 e. The lowest BCUT2D eigenvalue weighted by atomic mass is 10.0. The van der Waals surface area contributed by atoms with E-state index < -0.39 is 12.1 Å². The molecule has 3 aromatic rings. The van der Waals surface area contributed by atoms with Gasteiger partial charge in [0.15, 0.2) is 0 Å². The highest BCUT2D eigenvalue weighted by atomic mass is 19.1. The lowest BCUT2D eigenvalue weighted by molar-refractivity contribution is -0.117. The number of aromatic nitrogens is 3. The van der Waals surface area contributed by atoms with Crippen LogP contribution in [0.25, 0.3) is 28.1 Å². The fraction of sp³-hybridized carbons (Fsp3) is 0.158. The van der Waals surface area contributed by atoms with Crippen LogP contribution in [0.5, 0.6) is 0 Å². The third kappa shape index (κ3) is 2.88. The maximum atomic E-state index is 13.0. The van der Waals surface area contributed by atoms with Crippen LogP contribution in [0, 0.1) is 5.92 Å². The van der Waals surface area contributed by atoms with E-state index in [-0.39, 0.29) is 12.3 Å². The molecule has 0 saturated heterocycles. The maximum Gasteiger partial charge on any atom is 0.231 e. The van der Waals surface area contributed by atoms with E-state index >= 15 is 0 Å². The molecule has 3 aromatic heterocycles. The summed E-state index contributed by atoms with van der Waals surface area (Å²) in [6, 6.07) is 5.41. The standard InChI is InChI=1S/C19H16FN5O/c1-2-10-8-22-4-3-12(10)16-5-11-6-17(23-9-14(11)18(21)24-16)25-19(26)13-7-15(13)20/h2-6,8-9,13,15H,1,7H2,(H2,21,24)(H,23,25,26)/t13-,15+/m1/s1. The van der Waals surface area contributed by atoms with Gasteiger partial charge in [0.25, 0.3) is 0 Å². The topological polar surface area (TPSA) is 93.8 Å². The molecule has 1 amide bonds. The molecule has 0 unspecified atom stereocenters. The monoisotopic (exact) mass is 349 g/mol. The van der Waals surface area contributed by atoms with Gasteiger partial charge in [0, 0.05) is 35.1 Å². The Bertz CT molecular complexity index is 1040. The first-order chi connectivity index (χ1) is 12.6. The fourth-order valence-corrected chi connectivity index (χ4v) is 2.84. The molecule has 0 aromatic carbocycles. The summed E-state index contributed by atoms with van der Waals surface area (Å²) < 4.78 is 13.0. The van der Waals surface area contributed by atoms with Crippen molar-refractivity contribution in [3.8, 4) is 11.3 Å². The molecule has 7 heteroatoms. The fourth-order valence-electron chi connectivity index (χ4n) is 2.84. The van der Waals surface area contributed by atoms with E-state index in [4.69, 9.17) is 5.73 Å². The van der Waals surface area contributed by atoms with Crippen LogP contribution in [0.15, 0.2) is 43.4 Å². The first-order valence-electron chi connectivity index (χ1n) is 8.15. The summed E-state index contributed by atoms with van der Waals surface area (Å²) in [5.41, 5.74) is 8.44. The van der Waals surface area contributed by atoms with Crippen molar-refractivity contribution in [1.82, 2.24) is 15.0 Å². The summed E-state index contributed by atoms with van der Waals surface area (Å²) in [5, 5.41) is 4.10. The molecular weight excluding hydrogens is 333 g/mol. The van der Waals surface area contributed by atoms with Crippen molar-refractivity contribution in [1.29, 1.82) is 0 Å². The molecule has 0 radical (unpaired) electrons. The number of hydrogen-bond donors (Lipinski definition) is 2. The SMILES string of the molecule is C=Cc1cnccc1-c1cc2cc(NC(=O)[C@@H]3C[C@@H]3F)ncc2c(N)n1. The van der Waals surface area contributed by atoms with E-state index in [1.165, 1.54) is 0 Å². The van der Waals surface area contributed by atoms with Gasteiger partial charge in [-0.3, -0.25) is 9.78 Å². The molecule has 2 atom stereocenters. The molecular formula is C19H16FN5O. The van der Waals surface area contributed by atoms with Crippen molar-refractivity contribution in [2.24, 2.45) is 5.92 Å². The predicted octanol–water partition coefficient (Wildman–Crippen LogP) is 3.21. The minimum absolute atomic E-state index is 0.271. The Kier molecular flexibility index (Phi) is 3.84. The second-order valence-corrected chi connectivity index (χ2v) is 6.20. The number of carbonyl (C=O) groups excluding carboxylic acids is 1. The van der Waals surface area contributed by atoms with Gasteiger partial charge < -0.3 is 11.1 Å². The van der Waals surface area contributed by atoms with Gasteiger partial charge >= 0.3 is 0 Å². The Morgan fingerprint density at radius 2 is 2.19 bits per heavy atom. The van der Waals surface area contributed by atoms with Gasteiger partial charge in [0.1, 0.15) is 17.8 Å². The van der Waals surface area contributed by atoms with Gasteiger partial charge in [-0.05, 0) is 30.0 Å². The molecule has 1 saturated carbocycles. The number of nitrogens with two attached hydrogens (primary N) is 1. The molecule has 0 bridgehead atoms. The normalized spacial score (nSPS) is 18.5. The first kappa shape index (κ1) is 16.1. The highest BCUT2D eigenvalue weighted by Gasteiger charge is 2.43. The van der Waals surface area contributed by atoms with E-state index in [0.29, 0.717) is 22.7 Å². The molecule has 1 aliphatic rings. The van der Waals surface area contributed by atoms with Crippen LogP contribution in [0.3, 0.4) is 0 Å². The number of alkyl halides is 1. The van der Waals surface area contributed by atoms with E-state index in [2.05, 4.69) is 26.8 Å². The second-order valence-electron chi connectivity index (χ2n) is 6.20. The predicted molar refractivity (Wildman–Crippen MR) is 98.9 cm³/mol. The molecule has 0 spiro atoms. The molecule has 1 fully saturated rings. The van der Waals surface area contributed by atoms with Crippen molar-refractivity contribution in [2.45, 2.75) is 12.6 Å². The number of hydrogen-bond acceptors (Lipinski definition) is 5. The number of amides is 1. The quantitative estimate of drug-likeness (QED) is 0.754. The largest absolute Gasteiger partial charge is 0.383 e. The number of anilines is 2. The van der Waals surface area contributed by atoms with Crippen molar-refractivity contribution in [3.63, 3.8) is 0 Å². The molecule has 0 aliphatic heterocycles. The summed E-state index contributed by atoms with van der Waals surface area (Å²) in [4.78, 5) is 24.6. The minimum atomic E-state index is -1.05. The average Bonchev–Trinajstić information content (AvgIpc) is 3.38. The number of fused-ring (bicyclic) bond motifs is 1. The zero-order valence-electron chi connectivity index (χ0n) is 13.8. The van der Waals surface area contributed by atoms with Crippen molar-refractivity contribution in [2.75, 3.05) is 11.1 Å². The Morgan fingerprint density at radius 3 is 2.92 bits per heavy atom. The molecule has 6 nitrogen and oxygen atoms in total. The Balaban J connectivity index is 1.74. The number of nitrogen functional groups attached to an aromatic ring is 1. The maximum absolute atomic E-state index is 13.0. The third-order valence-corrected chi connectivity index (χ3v) is 4.39. The Morgan fingerprint density at radius 1 is 1.38 bits per heavy atom. The average molecular weight is 349 g/mol. The van der Waals surface area contributed by atoms with E-state index in [1.54, 1.807) is 30.7 Å². The highest BCUT2D eigenvalue weighted by Crippen LogP contribution is 2.35. The van der Waals surface area contributed by atoms with E-state index in [9.17, 15) is 9.18 Å². The second kappa shape index (κ2) is 6.18. The van der Waals surface area contributed by atoms with Crippen LogP contribution < -0.4 is 11.1 Å². The van der Waals surface area contributed by atoms with Crippen LogP contribution >= 0.6 is 0 Å². The third-order valence-electron chi connectivity index (χ3n) is 4.39. The highest BCUT2D eigenvalue weighted by molar-refractivity contribution is 5.98. The molecule has 1 aliphatic carbocycles. The van der Waals surface area contributed by atoms with Gasteiger partial charge in [-0.25, -0.2) is 14.4 Å². The number of halogens is 1. The van der Waals surface area contributed by atoms with Crippen LogP contribution in [-0.2, 0) is 4.79 Å². The number of rotatable bonds is 4. The number of carbonyl (C=O) groups is 1. The van der Waals surface area contributed by atoms with Crippen LogP contribution in [0.2, 0.25) is 0 Å². The van der Waals surface area contributed by atoms with Gasteiger partial charge in [-0.2, -0.15) is 0 Å². The number of nitrogens with one attached hydrogen (secondary N) is 1. The van der Waals surface area contributed by atoms with Gasteiger partial charge in [0.05, 0.1) is 11.6 Å². The van der Waals surface area contributed by atoms with Crippen LogP contribution in [-0.4, -0.2) is 27.0 Å². The Hall–Kier alpha value is -3.35. The van der Waals surface area contributed by atoms with Gasteiger partial charge in [-0.15, -0.1) is 0 Å². The van der Waals surface area contributed by atoms with Gasteiger partial charge in [0.2, 0.25) is 5.91 Å². The molecule has 130 valence electrons. The summed E-state index contributed by atoms with van der Waals surface area (Å²) in [6.45, 7) is 3.79. The Labute approximate surface area is 149 Å². The summed E-state index contributed by atoms with van der Waals surface area (Å²) in [5.74, 6) is -0.232. The van der Waals surface area contributed by atoms with E-state index in [0.717, 1.165) is 16.5 Å². The first-order valence-corrected chi connectivity index (χ1v) is 8.15. The summed E-state index contributed by atoms with van der Waals surface area (Å²) in [6.07, 6.45) is 5.85. The van der Waals surface area contributed by atoms with Crippen LogP contribution in [0.1, 0.15) is 12.0 Å². The van der Waals surface area contributed by atoms with Crippen molar-refractivity contribution in [3.05, 3.63) is 48.9 Å². The lowest BCUT2D eigenvalue weighted by Gasteiger charge is -2.10. The number of pyridine rings is 3. The summed E-state index contributed by atoms with van der Waals surface area (Å²) >= 11 is 0. The minimum Gasteiger partial charge on any atom is -0.383 e. The lowest BCUT2D eigenvalue weighted by Crippen LogP contribution is -2.15. The molecule has 26 heavy (non-hydrogen) atoms. The molecule has 4 rings (SSSR count). The van der Waals surface area contributed by atoms with Crippen LogP contribution in [0.4, 0.5) is 16.0 Å².